The minimum atomic E-state index is 0.0254. The van der Waals surface area contributed by atoms with Gasteiger partial charge in [-0.15, -0.1) is 0 Å². The second kappa shape index (κ2) is 12.7. The Labute approximate surface area is 371 Å². The molecule has 15 rings (SSSR count). The van der Waals surface area contributed by atoms with Crippen molar-refractivity contribution < 1.29 is 0 Å². The van der Waals surface area contributed by atoms with Gasteiger partial charge in [0.2, 0.25) is 0 Å². The van der Waals surface area contributed by atoms with Crippen LogP contribution in [0.4, 0.5) is 0 Å². The molecule has 300 valence electrons. The first-order chi connectivity index (χ1) is 32.2. The van der Waals surface area contributed by atoms with Gasteiger partial charge in [-0.2, -0.15) is 0 Å². The summed E-state index contributed by atoms with van der Waals surface area (Å²) in [6.07, 6.45) is 0. The van der Waals surface area contributed by atoms with Gasteiger partial charge in [-0.25, -0.2) is 0 Å². The van der Waals surface area contributed by atoms with E-state index in [0.717, 1.165) is 60.5 Å². The maximum absolute atomic E-state index is 14.1. The van der Waals surface area contributed by atoms with E-state index in [9.17, 15) is 4.79 Å². The molecule has 0 aliphatic rings. The fraction of sp³-hybridized carbons (Fsp3) is 0. The molecule has 4 aromatic heterocycles. The van der Waals surface area contributed by atoms with Crippen molar-refractivity contribution in [3.63, 3.8) is 0 Å². The first-order valence-corrected chi connectivity index (χ1v) is 22.3. The summed E-state index contributed by atoms with van der Waals surface area (Å²) < 4.78 is 6.88. The van der Waals surface area contributed by atoms with Crippen LogP contribution in [0, 0.1) is 0 Å². The van der Waals surface area contributed by atoms with E-state index in [-0.39, 0.29) is 5.56 Å². The van der Waals surface area contributed by atoms with Gasteiger partial charge in [-0.05, 0) is 116 Å². The third kappa shape index (κ3) is 4.57. The Balaban J connectivity index is 1.05. The van der Waals surface area contributed by atoms with Crippen molar-refractivity contribution in [1.82, 2.24) is 13.5 Å². The Hall–Kier alpha value is -8.73. The van der Waals surface area contributed by atoms with Crippen molar-refractivity contribution in [2.45, 2.75) is 0 Å². The minimum Gasteiger partial charge on any atom is -0.307 e. The lowest BCUT2D eigenvalue weighted by Crippen LogP contribution is -2.12. The molecule has 0 saturated heterocycles. The summed E-state index contributed by atoms with van der Waals surface area (Å²) in [7, 11) is 0. The van der Waals surface area contributed by atoms with Crippen LogP contribution in [0.25, 0.3) is 136 Å². The summed E-state index contributed by atoms with van der Waals surface area (Å²) in [5.74, 6) is 0. The Morgan fingerprint density at radius 2 is 0.662 bits per heavy atom. The highest BCUT2D eigenvalue weighted by atomic mass is 16.1. The van der Waals surface area contributed by atoms with Gasteiger partial charge in [0, 0.05) is 54.5 Å². The van der Waals surface area contributed by atoms with Crippen LogP contribution in [0.2, 0.25) is 0 Å². The van der Waals surface area contributed by atoms with Crippen molar-refractivity contribution >= 4 is 114 Å². The highest BCUT2D eigenvalue weighted by Gasteiger charge is 2.23. The summed E-state index contributed by atoms with van der Waals surface area (Å²) >= 11 is 0. The van der Waals surface area contributed by atoms with E-state index >= 15 is 0 Å². The van der Waals surface area contributed by atoms with Gasteiger partial charge >= 0.3 is 0 Å². The average molecular weight is 826 g/mol. The molecule has 0 atom stereocenters. The second-order valence-corrected chi connectivity index (χ2v) is 17.6. The number of hydrogen-bond donors (Lipinski definition) is 0. The molecule has 15 aromatic rings. The number of fused-ring (bicyclic) bond motifs is 18. The molecule has 0 saturated carbocycles. The number of benzene rings is 11. The van der Waals surface area contributed by atoms with Gasteiger partial charge in [-0.1, -0.05) is 146 Å². The topological polar surface area (TPSA) is 31.3 Å². The molecule has 0 fully saturated rings. The predicted molar refractivity (Wildman–Crippen MR) is 274 cm³/mol. The molecule has 0 unspecified atom stereocenters. The summed E-state index contributed by atoms with van der Waals surface area (Å²) in [4.78, 5) is 14.1. The Kier molecular flexibility index (Phi) is 6.79. The average Bonchev–Trinajstić information content (AvgIpc) is 4.02. The first kappa shape index (κ1) is 34.8. The van der Waals surface area contributed by atoms with E-state index in [4.69, 9.17) is 0 Å². The molecule has 0 radical (unpaired) electrons. The van der Waals surface area contributed by atoms with Crippen molar-refractivity contribution in [1.29, 1.82) is 0 Å². The van der Waals surface area contributed by atoms with Crippen LogP contribution in [-0.2, 0) is 0 Å². The van der Waals surface area contributed by atoms with E-state index in [1.165, 1.54) is 75.9 Å². The molecule has 0 N–H and O–H groups in total. The van der Waals surface area contributed by atoms with E-state index in [0.29, 0.717) is 0 Å². The summed E-state index contributed by atoms with van der Waals surface area (Å²) in [5.41, 5.74) is 11.2. The number of pyridine rings is 1. The Morgan fingerprint density at radius 1 is 0.246 bits per heavy atom. The Morgan fingerprint density at radius 3 is 1.29 bits per heavy atom. The zero-order chi connectivity index (χ0) is 42.5. The second-order valence-electron chi connectivity index (χ2n) is 17.6. The fourth-order valence-electron chi connectivity index (χ4n) is 11.6. The van der Waals surface area contributed by atoms with E-state index < -0.39 is 0 Å². The van der Waals surface area contributed by atoms with Crippen molar-refractivity contribution in [2.24, 2.45) is 0 Å². The maximum atomic E-state index is 14.1. The monoisotopic (exact) mass is 825 g/mol. The van der Waals surface area contributed by atoms with Gasteiger partial charge in [0.05, 0.1) is 33.1 Å². The van der Waals surface area contributed by atoms with Crippen LogP contribution < -0.4 is 5.56 Å². The maximum Gasteiger partial charge on any atom is 0.263 e. The molecule has 4 heterocycles. The Bertz CT molecular complexity index is 4610. The predicted octanol–water partition coefficient (Wildman–Crippen LogP) is 15.5. The van der Waals surface area contributed by atoms with Crippen molar-refractivity contribution in [3.05, 3.63) is 223 Å². The molecule has 65 heavy (non-hydrogen) atoms. The van der Waals surface area contributed by atoms with Crippen LogP contribution in [0.1, 0.15) is 0 Å². The SMILES string of the molecule is O=c1c2ccccc2c2cc(-c3ccc4c5ccccc5c5ccc(-n6c7ccccc7c7ccc8c9ccccc9n(-c9ccccc9)c8c76)cc5c4c3)cc3c4ccccc4n1c23. The number of aromatic nitrogens is 3. The lowest BCUT2D eigenvalue weighted by Gasteiger charge is -2.16. The highest BCUT2D eigenvalue weighted by Crippen LogP contribution is 2.45. The standard InChI is InChI=1S/C61H35N3O/c65-61-50-22-7-6-18-42(50)53-33-37(34-54-47-21-10-13-25-57(47)64(61)58(53)54)36-26-28-43-40-16-4-5-17-41(40)44-29-27-39(35-52(44)51(43)32-36)63-56-24-12-9-20-46(56)49-31-30-48-45-19-8-11-23-55(45)62(59(48)60(49)63)38-14-2-1-3-15-38/h1-35H. The molecule has 0 spiro atoms. The van der Waals surface area contributed by atoms with E-state index in [1.807, 2.05) is 28.7 Å². The summed E-state index contributed by atoms with van der Waals surface area (Å²) in [6, 6.07) is 76.9. The molecular weight excluding hydrogens is 791 g/mol. The number of hydrogen-bond acceptors (Lipinski definition) is 1. The first-order valence-electron chi connectivity index (χ1n) is 22.3. The zero-order valence-electron chi connectivity index (χ0n) is 35.0. The van der Waals surface area contributed by atoms with Crippen LogP contribution in [0.5, 0.6) is 0 Å². The van der Waals surface area contributed by atoms with Gasteiger partial charge in [-0.3, -0.25) is 9.20 Å². The quantitative estimate of drug-likeness (QED) is 0.163. The van der Waals surface area contributed by atoms with Crippen LogP contribution >= 0.6 is 0 Å². The van der Waals surface area contributed by atoms with Gasteiger partial charge < -0.3 is 9.13 Å². The smallest absolute Gasteiger partial charge is 0.263 e. The van der Waals surface area contributed by atoms with Gasteiger partial charge in [0.25, 0.3) is 5.56 Å². The van der Waals surface area contributed by atoms with E-state index in [2.05, 4.69) is 197 Å². The minimum absolute atomic E-state index is 0.0254. The number of nitrogens with zero attached hydrogens (tertiary/aromatic N) is 3. The number of para-hydroxylation sites is 4. The van der Waals surface area contributed by atoms with Crippen LogP contribution in [0.15, 0.2) is 217 Å². The molecule has 0 aliphatic heterocycles. The van der Waals surface area contributed by atoms with Gasteiger partial charge in [0.1, 0.15) is 0 Å². The molecule has 0 aliphatic carbocycles. The molecule has 0 amide bonds. The largest absolute Gasteiger partial charge is 0.307 e. The van der Waals surface area contributed by atoms with Gasteiger partial charge in [0.15, 0.2) is 0 Å². The lowest BCUT2D eigenvalue weighted by atomic mass is 9.91. The molecule has 4 heteroatoms. The third-order valence-electron chi connectivity index (χ3n) is 14.3. The number of rotatable bonds is 3. The van der Waals surface area contributed by atoms with Crippen LogP contribution in [-0.4, -0.2) is 13.5 Å². The zero-order valence-corrected chi connectivity index (χ0v) is 35.0. The normalized spacial score (nSPS) is 12.4. The van der Waals surface area contributed by atoms with E-state index in [1.54, 1.807) is 0 Å². The molecule has 0 bridgehead atoms. The molecular formula is C61H35N3O. The van der Waals surface area contributed by atoms with Crippen molar-refractivity contribution in [3.8, 4) is 22.5 Å². The molecule has 4 nitrogen and oxygen atoms in total. The van der Waals surface area contributed by atoms with Crippen molar-refractivity contribution in [2.75, 3.05) is 0 Å². The lowest BCUT2D eigenvalue weighted by molar-refractivity contribution is 1.15. The third-order valence-corrected chi connectivity index (χ3v) is 14.3. The highest BCUT2D eigenvalue weighted by molar-refractivity contribution is 6.28. The van der Waals surface area contributed by atoms with Crippen LogP contribution in [0.3, 0.4) is 0 Å². The summed E-state index contributed by atoms with van der Waals surface area (Å²) in [6.45, 7) is 0. The summed E-state index contributed by atoms with van der Waals surface area (Å²) in [5, 5.41) is 17.2. The fourth-order valence-corrected chi connectivity index (χ4v) is 11.6. The molecule has 11 aromatic carbocycles.